The first kappa shape index (κ1) is 19.8. The molecule has 0 spiro atoms. The van der Waals surface area contributed by atoms with Gasteiger partial charge in [-0.3, -0.25) is 14.9 Å². The lowest BCUT2D eigenvalue weighted by Crippen LogP contribution is -2.15. The van der Waals surface area contributed by atoms with Gasteiger partial charge in [-0.25, -0.2) is 13.8 Å². The van der Waals surface area contributed by atoms with E-state index in [2.05, 4.69) is 25.5 Å². The van der Waals surface area contributed by atoms with Gasteiger partial charge in [0, 0.05) is 29.8 Å². The van der Waals surface area contributed by atoms with Gasteiger partial charge in [-0.15, -0.1) is 0 Å². The summed E-state index contributed by atoms with van der Waals surface area (Å²) in [5.41, 5.74) is 1.96. The lowest BCUT2D eigenvalue weighted by molar-refractivity contribution is -0.117. The fraction of sp³-hybridized carbons (Fsp3) is 0.300. The van der Waals surface area contributed by atoms with Crippen molar-refractivity contribution in [2.75, 3.05) is 12.4 Å². The van der Waals surface area contributed by atoms with E-state index >= 15 is 4.39 Å². The maximum absolute atomic E-state index is 15.2. The first-order valence-corrected chi connectivity index (χ1v) is 9.93. The highest BCUT2D eigenvalue weighted by Crippen LogP contribution is 2.41. The van der Waals surface area contributed by atoms with Crippen LogP contribution in [0.25, 0.3) is 27.8 Å². The first-order chi connectivity index (χ1) is 14.9. The molecule has 1 aliphatic carbocycles. The minimum Gasteiger partial charge on any atom is -0.377 e. The summed E-state index contributed by atoms with van der Waals surface area (Å²) in [7, 11) is 1.48. The van der Waals surface area contributed by atoms with E-state index in [4.69, 9.17) is 16.3 Å². The number of rotatable bonds is 5. The van der Waals surface area contributed by atoms with Crippen molar-refractivity contribution >= 4 is 39.9 Å². The molecule has 11 heteroatoms. The Balaban J connectivity index is 1.58. The standard InChI is InChI=1S/C20H17ClF2N6O2/c1-8(31-2)15-18(23)17(21)16(10-4-25-28-19(10)15)12-6-29-7-13(26-14(29)5-24-12)27-20(30)9-3-11(9)22/h4-9,11H,3H2,1-2H3,(H,25,28)(H,27,30)/t8?,9-,11+/m1/s1. The second kappa shape index (κ2) is 7.24. The van der Waals surface area contributed by atoms with Crippen molar-refractivity contribution in [1.82, 2.24) is 24.6 Å². The van der Waals surface area contributed by atoms with Gasteiger partial charge in [-0.2, -0.15) is 5.10 Å². The number of carbonyl (C=O) groups excluding carboxylic acids is 1. The molecule has 0 aliphatic heterocycles. The van der Waals surface area contributed by atoms with Gasteiger partial charge in [0.1, 0.15) is 12.0 Å². The van der Waals surface area contributed by atoms with Crippen LogP contribution in [-0.4, -0.2) is 43.8 Å². The fourth-order valence-corrected chi connectivity index (χ4v) is 3.93. The summed E-state index contributed by atoms with van der Waals surface area (Å²) in [6.07, 6.45) is 4.82. The van der Waals surface area contributed by atoms with Crippen molar-refractivity contribution in [2.45, 2.75) is 25.6 Å². The number of alkyl halides is 1. The summed E-state index contributed by atoms with van der Waals surface area (Å²) in [5.74, 6) is -1.37. The molecule has 1 aromatic carbocycles. The van der Waals surface area contributed by atoms with Crippen LogP contribution in [-0.2, 0) is 9.53 Å². The summed E-state index contributed by atoms with van der Waals surface area (Å²) >= 11 is 6.42. The van der Waals surface area contributed by atoms with Gasteiger partial charge in [-0.1, -0.05) is 11.6 Å². The SMILES string of the molecule is COC(C)c1c(F)c(Cl)c(-c2cn3cc(NC(=O)[C@@H]4C[C@@H]4F)nc3cn2)c2cn[nH]c12. The molecule has 0 bridgehead atoms. The predicted octanol–water partition coefficient (Wildman–Crippen LogP) is 4.07. The molecule has 1 saturated carbocycles. The molecule has 3 heterocycles. The third-order valence-electron chi connectivity index (χ3n) is 5.48. The molecular weight excluding hydrogens is 430 g/mol. The van der Waals surface area contributed by atoms with E-state index in [0.717, 1.165) is 0 Å². The summed E-state index contributed by atoms with van der Waals surface area (Å²) in [5, 5.41) is 9.95. The lowest BCUT2D eigenvalue weighted by Gasteiger charge is -2.16. The molecule has 1 unspecified atom stereocenters. The molecule has 1 fully saturated rings. The third kappa shape index (κ3) is 3.22. The molecule has 1 aliphatic rings. The van der Waals surface area contributed by atoms with E-state index < -0.39 is 29.9 Å². The number of nitrogens with one attached hydrogen (secondary N) is 2. The van der Waals surface area contributed by atoms with Gasteiger partial charge < -0.3 is 14.5 Å². The van der Waals surface area contributed by atoms with Gasteiger partial charge in [0.05, 0.1) is 46.8 Å². The molecule has 5 rings (SSSR count). The molecule has 160 valence electrons. The first-order valence-electron chi connectivity index (χ1n) is 9.55. The number of anilines is 1. The Morgan fingerprint density at radius 2 is 2.19 bits per heavy atom. The number of hydrogen-bond donors (Lipinski definition) is 2. The number of hydrogen-bond acceptors (Lipinski definition) is 5. The Hall–Kier alpha value is -3.11. The summed E-state index contributed by atoms with van der Waals surface area (Å²) < 4.78 is 35.2. The second-order valence-corrected chi connectivity index (χ2v) is 7.84. The van der Waals surface area contributed by atoms with Crippen LogP contribution in [0.4, 0.5) is 14.6 Å². The number of aromatic nitrogens is 5. The summed E-state index contributed by atoms with van der Waals surface area (Å²) in [6.45, 7) is 1.72. The number of imidazole rings is 1. The number of ether oxygens (including phenoxy) is 1. The zero-order valence-electron chi connectivity index (χ0n) is 16.5. The van der Waals surface area contributed by atoms with Gasteiger partial charge in [0.2, 0.25) is 5.91 Å². The van der Waals surface area contributed by atoms with Crippen LogP contribution in [0.5, 0.6) is 0 Å². The van der Waals surface area contributed by atoms with Crippen LogP contribution in [0.3, 0.4) is 0 Å². The van der Waals surface area contributed by atoms with E-state index in [-0.39, 0.29) is 22.8 Å². The number of methoxy groups -OCH3 is 1. The van der Waals surface area contributed by atoms with Crippen LogP contribution in [0.15, 0.2) is 24.8 Å². The predicted molar refractivity (Wildman–Crippen MR) is 110 cm³/mol. The van der Waals surface area contributed by atoms with Gasteiger partial charge in [0.25, 0.3) is 0 Å². The molecule has 2 N–H and O–H groups in total. The zero-order valence-corrected chi connectivity index (χ0v) is 17.2. The van der Waals surface area contributed by atoms with E-state index in [1.54, 1.807) is 29.9 Å². The molecular formula is C20H17ClF2N6O2. The quantitative estimate of drug-likeness (QED) is 0.481. The Morgan fingerprint density at radius 1 is 1.42 bits per heavy atom. The van der Waals surface area contributed by atoms with Crippen LogP contribution in [0.1, 0.15) is 25.0 Å². The lowest BCUT2D eigenvalue weighted by atomic mass is 10.00. The monoisotopic (exact) mass is 446 g/mol. The Labute approximate surface area is 179 Å². The second-order valence-electron chi connectivity index (χ2n) is 7.46. The Morgan fingerprint density at radius 3 is 2.90 bits per heavy atom. The molecule has 31 heavy (non-hydrogen) atoms. The molecule has 0 saturated heterocycles. The number of carbonyl (C=O) groups is 1. The van der Waals surface area contributed by atoms with Crippen LogP contribution < -0.4 is 5.32 Å². The van der Waals surface area contributed by atoms with E-state index in [9.17, 15) is 9.18 Å². The van der Waals surface area contributed by atoms with Crippen LogP contribution in [0, 0.1) is 11.7 Å². The minimum atomic E-state index is -1.09. The molecule has 3 aromatic heterocycles. The molecule has 8 nitrogen and oxygen atoms in total. The van der Waals surface area contributed by atoms with Gasteiger partial charge in [-0.05, 0) is 13.3 Å². The number of H-pyrrole nitrogens is 1. The fourth-order valence-electron chi connectivity index (χ4n) is 3.63. The van der Waals surface area contributed by atoms with Crippen molar-refractivity contribution in [3.05, 3.63) is 41.2 Å². The van der Waals surface area contributed by atoms with Gasteiger partial charge >= 0.3 is 0 Å². The van der Waals surface area contributed by atoms with E-state index in [1.165, 1.54) is 13.3 Å². The normalized spacial score (nSPS) is 19.1. The highest BCUT2D eigenvalue weighted by atomic mass is 35.5. The molecule has 4 aromatic rings. The summed E-state index contributed by atoms with van der Waals surface area (Å²) in [4.78, 5) is 20.6. The Bertz CT molecular complexity index is 1340. The molecule has 1 amide bonds. The highest BCUT2D eigenvalue weighted by Gasteiger charge is 2.43. The van der Waals surface area contributed by atoms with Crippen LogP contribution >= 0.6 is 11.6 Å². The molecule has 3 atom stereocenters. The molecule has 0 radical (unpaired) electrons. The summed E-state index contributed by atoms with van der Waals surface area (Å²) in [6, 6.07) is 0. The van der Waals surface area contributed by atoms with E-state index in [1.807, 2.05) is 0 Å². The Kier molecular flexibility index (Phi) is 4.63. The van der Waals surface area contributed by atoms with E-state index in [0.29, 0.717) is 27.8 Å². The van der Waals surface area contributed by atoms with Crippen molar-refractivity contribution in [2.24, 2.45) is 5.92 Å². The average Bonchev–Trinajstić information content (AvgIpc) is 3.12. The third-order valence-corrected chi connectivity index (χ3v) is 5.84. The number of amides is 1. The smallest absolute Gasteiger partial charge is 0.231 e. The van der Waals surface area contributed by atoms with Crippen molar-refractivity contribution in [3.8, 4) is 11.3 Å². The zero-order chi connectivity index (χ0) is 21.9. The number of fused-ring (bicyclic) bond motifs is 2. The highest BCUT2D eigenvalue weighted by molar-refractivity contribution is 6.35. The van der Waals surface area contributed by atoms with Crippen molar-refractivity contribution < 1.29 is 18.3 Å². The van der Waals surface area contributed by atoms with Gasteiger partial charge in [0.15, 0.2) is 11.5 Å². The maximum Gasteiger partial charge on any atom is 0.231 e. The number of nitrogens with zero attached hydrogens (tertiary/aromatic N) is 4. The number of benzene rings is 1. The topological polar surface area (TPSA) is 97.2 Å². The maximum atomic E-state index is 15.2. The largest absolute Gasteiger partial charge is 0.377 e. The number of halogens is 3. The van der Waals surface area contributed by atoms with Crippen molar-refractivity contribution in [3.63, 3.8) is 0 Å². The number of aromatic amines is 1. The average molecular weight is 447 g/mol. The van der Waals surface area contributed by atoms with Crippen molar-refractivity contribution in [1.29, 1.82) is 0 Å². The minimum absolute atomic E-state index is 0.101. The van der Waals surface area contributed by atoms with Crippen LogP contribution in [0.2, 0.25) is 5.02 Å².